The molecule has 1 unspecified atom stereocenters. The van der Waals surface area contributed by atoms with Crippen LogP contribution in [0, 0.1) is 5.92 Å². The fourth-order valence-corrected chi connectivity index (χ4v) is 3.94. The number of aryl methyl sites for hydroxylation is 1. The van der Waals surface area contributed by atoms with Crippen LogP contribution in [0.1, 0.15) is 30.0 Å². The molecule has 1 aliphatic carbocycles. The van der Waals surface area contributed by atoms with Gasteiger partial charge < -0.3 is 4.74 Å². The molecule has 3 rings (SSSR count). The van der Waals surface area contributed by atoms with Gasteiger partial charge in [-0.15, -0.1) is 11.8 Å². The van der Waals surface area contributed by atoms with Crippen LogP contribution in [-0.2, 0) is 28.1 Å². The van der Waals surface area contributed by atoms with Gasteiger partial charge in [-0.05, 0) is 55.0 Å². The van der Waals surface area contributed by atoms with Crippen molar-refractivity contribution >= 4 is 17.7 Å². The first-order chi connectivity index (χ1) is 11.3. The molecule has 2 nitrogen and oxygen atoms in total. The van der Waals surface area contributed by atoms with Crippen LogP contribution >= 0.6 is 11.8 Å². The van der Waals surface area contributed by atoms with Crippen LogP contribution in [-0.4, -0.2) is 12.6 Å². The van der Waals surface area contributed by atoms with Crippen LogP contribution in [0.3, 0.4) is 0 Å². The van der Waals surface area contributed by atoms with Crippen LogP contribution in [0.5, 0.6) is 0 Å². The van der Waals surface area contributed by atoms with Crippen molar-refractivity contribution in [1.29, 1.82) is 0 Å². The maximum atomic E-state index is 11.9. The van der Waals surface area contributed by atoms with E-state index in [-0.39, 0.29) is 11.9 Å². The summed E-state index contributed by atoms with van der Waals surface area (Å²) in [6, 6.07) is 17.2. The van der Waals surface area contributed by atoms with Crippen molar-refractivity contribution in [3.05, 3.63) is 65.2 Å². The molecule has 1 atom stereocenters. The van der Waals surface area contributed by atoms with Crippen LogP contribution in [0.25, 0.3) is 0 Å². The molecule has 0 saturated carbocycles. The number of esters is 1. The van der Waals surface area contributed by atoms with Gasteiger partial charge in [-0.3, -0.25) is 4.79 Å². The largest absolute Gasteiger partial charge is 0.466 e. The summed E-state index contributed by atoms with van der Waals surface area (Å²) in [5.41, 5.74) is 4.04. The molecule has 23 heavy (non-hydrogen) atoms. The van der Waals surface area contributed by atoms with Crippen molar-refractivity contribution in [2.45, 2.75) is 36.8 Å². The van der Waals surface area contributed by atoms with Crippen molar-refractivity contribution in [1.82, 2.24) is 0 Å². The highest BCUT2D eigenvalue weighted by Gasteiger charge is 2.25. The van der Waals surface area contributed by atoms with Gasteiger partial charge in [-0.2, -0.15) is 0 Å². The van der Waals surface area contributed by atoms with Crippen molar-refractivity contribution in [3.63, 3.8) is 0 Å². The average Bonchev–Trinajstić information content (AvgIpc) is 2.60. The Hall–Kier alpha value is -1.74. The van der Waals surface area contributed by atoms with Gasteiger partial charge in [-0.1, -0.05) is 36.4 Å². The smallest absolute Gasteiger partial charge is 0.309 e. The Bertz CT molecular complexity index is 667. The second kappa shape index (κ2) is 7.69. The molecule has 0 aromatic heterocycles. The van der Waals surface area contributed by atoms with Gasteiger partial charge in [0.1, 0.15) is 0 Å². The molecule has 0 saturated heterocycles. The topological polar surface area (TPSA) is 26.3 Å². The number of hydrogen-bond donors (Lipinski definition) is 0. The van der Waals surface area contributed by atoms with Gasteiger partial charge in [0.05, 0.1) is 12.5 Å². The predicted molar refractivity (Wildman–Crippen MR) is 94.6 cm³/mol. The fourth-order valence-electron chi connectivity index (χ4n) is 3.02. The number of hydrogen-bond acceptors (Lipinski definition) is 3. The molecular formula is C20H22O2S. The van der Waals surface area contributed by atoms with E-state index in [9.17, 15) is 4.79 Å². The summed E-state index contributed by atoms with van der Waals surface area (Å²) < 4.78 is 5.16. The molecule has 0 aliphatic heterocycles. The number of carbonyl (C=O) groups excluding carboxylic acids is 1. The zero-order valence-electron chi connectivity index (χ0n) is 13.5. The van der Waals surface area contributed by atoms with E-state index in [4.69, 9.17) is 4.74 Å². The molecule has 3 heteroatoms. The SMILES string of the molecule is CCOC(=O)C1CCc2cc(SCc3ccccc3)ccc2C1. The molecule has 0 heterocycles. The minimum absolute atomic E-state index is 0.0327. The lowest BCUT2D eigenvalue weighted by Crippen LogP contribution is -2.24. The standard InChI is InChI=1S/C20H22O2S/c1-2-22-20(21)18-9-8-17-13-19(11-10-16(17)12-18)23-14-15-6-4-3-5-7-15/h3-7,10-11,13,18H,2,8-9,12,14H2,1H3. The lowest BCUT2D eigenvalue weighted by molar-refractivity contribution is -0.148. The molecule has 0 N–H and O–H groups in total. The number of fused-ring (bicyclic) bond motifs is 1. The van der Waals surface area contributed by atoms with Gasteiger partial charge in [-0.25, -0.2) is 0 Å². The van der Waals surface area contributed by atoms with Crippen LogP contribution in [0.15, 0.2) is 53.4 Å². The number of rotatable bonds is 5. The maximum absolute atomic E-state index is 11.9. The van der Waals surface area contributed by atoms with Gasteiger partial charge in [0.15, 0.2) is 0 Å². The number of benzene rings is 2. The molecule has 0 spiro atoms. The number of thioether (sulfide) groups is 1. The monoisotopic (exact) mass is 326 g/mol. The molecular weight excluding hydrogens is 304 g/mol. The van der Waals surface area contributed by atoms with Gasteiger partial charge in [0, 0.05) is 10.6 Å². The fraction of sp³-hybridized carbons (Fsp3) is 0.350. The zero-order chi connectivity index (χ0) is 16.1. The first-order valence-electron chi connectivity index (χ1n) is 8.21. The molecule has 2 aromatic carbocycles. The van der Waals surface area contributed by atoms with Crippen molar-refractivity contribution in [2.24, 2.45) is 5.92 Å². The summed E-state index contributed by atoms with van der Waals surface area (Å²) in [4.78, 5) is 13.2. The predicted octanol–water partition coefficient (Wildman–Crippen LogP) is 4.65. The summed E-state index contributed by atoms with van der Waals surface area (Å²) in [5.74, 6) is 0.983. The van der Waals surface area contributed by atoms with Crippen LogP contribution < -0.4 is 0 Å². The van der Waals surface area contributed by atoms with E-state index >= 15 is 0 Å². The van der Waals surface area contributed by atoms with Gasteiger partial charge >= 0.3 is 5.97 Å². The second-order valence-electron chi connectivity index (χ2n) is 5.90. The van der Waals surface area contributed by atoms with Crippen LogP contribution in [0.4, 0.5) is 0 Å². The molecule has 2 aromatic rings. The van der Waals surface area contributed by atoms with Crippen molar-refractivity contribution < 1.29 is 9.53 Å². The van der Waals surface area contributed by atoms with E-state index in [2.05, 4.69) is 42.5 Å². The van der Waals surface area contributed by atoms with Crippen LogP contribution in [0.2, 0.25) is 0 Å². The molecule has 0 amide bonds. The minimum atomic E-state index is -0.0410. The first-order valence-corrected chi connectivity index (χ1v) is 9.20. The quantitative estimate of drug-likeness (QED) is 0.591. The lowest BCUT2D eigenvalue weighted by atomic mass is 9.84. The van der Waals surface area contributed by atoms with E-state index in [0.29, 0.717) is 6.61 Å². The summed E-state index contributed by atoms with van der Waals surface area (Å²) in [7, 11) is 0. The third-order valence-corrected chi connectivity index (χ3v) is 5.34. The molecule has 0 fully saturated rings. The van der Waals surface area contributed by atoms with E-state index in [0.717, 1.165) is 25.0 Å². The highest BCUT2D eigenvalue weighted by Crippen LogP contribution is 2.31. The van der Waals surface area contributed by atoms with E-state index in [1.165, 1.54) is 21.6 Å². The highest BCUT2D eigenvalue weighted by atomic mass is 32.2. The third-order valence-electron chi connectivity index (χ3n) is 4.27. The van der Waals surface area contributed by atoms with Gasteiger partial charge in [0.2, 0.25) is 0 Å². The Morgan fingerprint density at radius 2 is 2.00 bits per heavy atom. The Morgan fingerprint density at radius 1 is 1.17 bits per heavy atom. The van der Waals surface area contributed by atoms with E-state index in [1.807, 2.05) is 24.8 Å². The number of carbonyl (C=O) groups is 1. The Kier molecular flexibility index (Phi) is 5.39. The molecule has 0 bridgehead atoms. The summed E-state index contributed by atoms with van der Waals surface area (Å²) in [6.07, 6.45) is 2.69. The Labute approximate surface area is 142 Å². The Balaban J connectivity index is 1.63. The maximum Gasteiger partial charge on any atom is 0.309 e. The third kappa shape index (κ3) is 4.17. The first kappa shape index (κ1) is 16.1. The zero-order valence-corrected chi connectivity index (χ0v) is 14.3. The van der Waals surface area contributed by atoms with Gasteiger partial charge in [0.25, 0.3) is 0 Å². The van der Waals surface area contributed by atoms with Crippen molar-refractivity contribution in [2.75, 3.05) is 6.61 Å². The van der Waals surface area contributed by atoms with Crippen molar-refractivity contribution in [3.8, 4) is 0 Å². The average molecular weight is 326 g/mol. The lowest BCUT2D eigenvalue weighted by Gasteiger charge is -2.23. The molecule has 120 valence electrons. The second-order valence-corrected chi connectivity index (χ2v) is 6.95. The molecule has 1 aliphatic rings. The number of ether oxygens (including phenoxy) is 1. The Morgan fingerprint density at radius 3 is 2.78 bits per heavy atom. The molecule has 0 radical (unpaired) electrons. The highest BCUT2D eigenvalue weighted by molar-refractivity contribution is 7.98. The van der Waals surface area contributed by atoms with E-state index in [1.54, 1.807) is 0 Å². The summed E-state index contributed by atoms with van der Waals surface area (Å²) >= 11 is 1.87. The summed E-state index contributed by atoms with van der Waals surface area (Å²) in [5, 5.41) is 0. The minimum Gasteiger partial charge on any atom is -0.466 e. The summed E-state index contributed by atoms with van der Waals surface area (Å²) in [6.45, 7) is 2.34. The van der Waals surface area contributed by atoms with E-state index < -0.39 is 0 Å². The normalized spacial score (nSPS) is 16.7.